The molecular weight excluding hydrogens is 185 g/mol. The van der Waals surface area contributed by atoms with Gasteiger partial charge in [-0.2, -0.15) is 0 Å². The van der Waals surface area contributed by atoms with Crippen molar-refractivity contribution in [2.24, 2.45) is 0 Å². The number of hydrogen-bond acceptors (Lipinski definition) is 2. The van der Waals surface area contributed by atoms with Gasteiger partial charge in [0.25, 0.3) is 0 Å². The Hall–Kier alpha value is -0.700. The van der Waals surface area contributed by atoms with E-state index in [9.17, 15) is 4.39 Å². The summed E-state index contributed by atoms with van der Waals surface area (Å²) >= 11 is 1.56. The van der Waals surface area contributed by atoms with Crippen LogP contribution in [0.3, 0.4) is 0 Å². The van der Waals surface area contributed by atoms with E-state index >= 15 is 0 Å². The van der Waals surface area contributed by atoms with Gasteiger partial charge in [-0.05, 0) is 19.1 Å². The van der Waals surface area contributed by atoms with Gasteiger partial charge in [0.1, 0.15) is 5.82 Å². The molecule has 0 aliphatic carbocycles. The summed E-state index contributed by atoms with van der Waals surface area (Å²) in [5.41, 5.74) is 1.49. The summed E-state index contributed by atoms with van der Waals surface area (Å²) in [4.78, 5) is 0. The van der Waals surface area contributed by atoms with Crippen molar-refractivity contribution >= 4 is 17.6 Å². The minimum Gasteiger partial charge on any atom is -0.314 e. The van der Waals surface area contributed by atoms with Crippen molar-refractivity contribution < 1.29 is 4.39 Å². The molecule has 1 nitrogen and oxygen atoms in total. The fourth-order valence-corrected chi connectivity index (χ4v) is 1.74. The van der Waals surface area contributed by atoms with E-state index in [0.29, 0.717) is 5.56 Å². The predicted molar refractivity (Wildman–Crippen MR) is 57.1 cm³/mol. The summed E-state index contributed by atoms with van der Waals surface area (Å²) in [6.07, 6.45) is 0. The predicted octanol–water partition coefficient (Wildman–Crippen LogP) is 3.40. The van der Waals surface area contributed by atoms with Crippen molar-refractivity contribution in [1.29, 1.82) is 0 Å². The number of halogens is 1. The molecule has 0 aliphatic rings. The second-order valence-corrected chi connectivity index (χ2v) is 3.96. The summed E-state index contributed by atoms with van der Waals surface area (Å²) in [6.45, 7) is 3.80. The van der Waals surface area contributed by atoms with Crippen molar-refractivity contribution in [2.45, 2.75) is 13.8 Å². The molecule has 13 heavy (non-hydrogen) atoms. The van der Waals surface area contributed by atoms with Crippen LogP contribution in [0.4, 0.5) is 10.1 Å². The molecule has 0 aliphatic heterocycles. The van der Waals surface area contributed by atoms with Crippen LogP contribution in [0.1, 0.15) is 12.5 Å². The van der Waals surface area contributed by atoms with Gasteiger partial charge in [-0.3, -0.25) is 0 Å². The van der Waals surface area contributed by atoms with Crippen molar-refractivity contribution in [3.63, 3.8) is 0 Å². The molecule has 1 aromatic carbocycles. The lowest BCUT2D eigenvalue weighted by atomic mass is 10.2. The number of benzene rings is 1. The van der Waals surface area contributed by atoms with Gasteiger partial charge in [0, 0.05) is 18.4 Å². The van der Waals surface area contributed by atoms with E-state index in [2.05, 4.69) is 7.05 Å². The fraction of sp³-hybridized carbons (Fsp3) is 0.300. The standard InChI is InChI=1S/C10H13FNS/c1-4-13-12(3)10-7-5-6-9(11)8(10)2/h5-7H,3-4H2,1-2H3. The Labute approximate surface area is 83.1 Å². The Kier molecular flexibility index (Phi) is 3.60. The quantitative estimate of drug-likeness (QED) is 0.685. The van der Waals surface area contributed by atoms with Crippen molar-refractivity contribution in [3.05, 3.63) is 36.6 Å². The second-order valence-electron chi connectivity index (χ2n) is 2.68. The average molecular weight is 198 g/mol. The molecule has 0 spiro atoms. The van der Waals surface area contributed by atoms with Gasteiger partial charge in [-0.1, -0.05) is 24.9 Å². The van der Waals surface area contributed by atoms with Gasteiger partial charge in [0.05, 0.1) is 5.69 Å². The maximum Gasteiger partial charge on any atom is 0.128 e. The number of nitrogens with zero attached hydrogens (tertiary/aromatic N) is 1. The highest BCUT2D eigenvalue weighted by Crippen LogP contribution is 2.26. The van der Waals surface area contributed by atoms with E-state index < -0.39 is 0 Å². The van der Waals surface area contributed by atoms with Crippen LogP contribution in [0.5, 0.6) is 0 Å². The third kappa shape index (κ3) is 2.37. The summed E-state index contributed by atoms with van der Waals surface area (Å²) in [7, 11) is 3.83. The Morgan fingerprint density at radius 1 is 1.54 bits per heavy atom. The van der Waals surface area contributed by atoms with Crippen LogP contribution < -0.4 is 4.31 Å². The smallest absolute Gasteiger partial charge is 0.128 e. The Bertz CT molecular complexity index is 288. The first kappa shape index (κ1) is 10.4. The molecule has 0 saturated carbocycles. The monoisotopic (exact) mass is 198 g/mol. The molecule has 71 valence electrons. The zero-order valence-corrected chi connectivity index (χ0v) is 8.70. The van der Waals surface area contributed by atoms with E-state index in [0.717, 1.165) is 11.4 Å². The minimum atomic E-state index is -0.178. The number of hydrogen-bond donors (Lipinski definition) is 0. The molecule has 0 amide bonds. The van der Waals surface area contributed by atoms with Crippen molar-refractivity contribution in [3.8, 4) is 0 Å². The molecule has 0 aromatic heterocycles. The minimum absolute atomic E-state index is 0.178. The fourth-order valence-electron chi connectivity index (χ4n) is 1.09. The van der Waals surface area contributed by atoms with Crippen molar-refractivity contribution in [2.75, 3.05) is 10.1 Å². The van der Waals surface area contributed by atoms with Gasteiger partial charge >= 0.3 is 0 Å². The average Bonchev–Trinajstić information content (AvgIpc) is 2.10. The third-order valence-corrected chi connectivity index (χ3v) is 2.56. The van der Waals surface area contributed by atoms with Crippen molar-refractivity contribution in [1.82, 2.24) is 0 Å². The molecule has 0 heterocycles. The van der Waals surface area contributed by atoms with Crippen LogP contribution in [0.15, 0.2) is 18.2 Å². The molecule has 0 saturated heterocycles. The maximum atomic E-state index is 13.1. The summed E-state index contributed by atoms with van der Waals surface area (Å²) < 4.78 is 14.9. The largest absolute Gasteiger partial charge is 0.314 e. The Morgan fingerprint density at radius 2 is 2.23 bits per heavy atom. The molecular formula is C10H13FNS. The zero-order chi connectivity index (χ0) is 9.84. The summed E-state index contributed by atoms with van der Waals surface area (Å²) in [5.74, 6) is 0.752. The third-order valence-electron chi connectivity index (χ3n) is 1.79. The summed E-state index contributed by atoms with van der Waals surface area (Å²) in [5, 5.41) is 0. The van der Waals surface area contributed by atoms with E-state index in [1.165, 1.54) is 6.07 Å². The topological polar surface area (TPSA) is 3.24 Å². The van der Waals surface area contributed by atoms with E-state index in [4.69, 9.17) is 0 Å². The van der Waals surface area contributed by atoms with Gasteiger partial charge in [0.15, 0.2) is 0 Å². The maximum absolute atomic E-state index is 13.1. The molecule has 3 heteroatoms. The highest BCUT2D eigenvalue weighted by Gasteiger charge is 2.07. The molecule has 1 aromatic rings. The number of rotatable bonds is 3. The first-order valence-electron chi connectivity index (χ1n) is 4.15. The van der Waals surface area contributed by atoms with Crippen LogP contribution in [0.25, 0.3) is 0 Å². The molecule has 0 atom stereocenters. The van der Waals surface area contributed by atoms with Crippen LogP contribution >= 0.6 is 11.9 Å². The van der Waals surface area contributed by atoms with Gasteiger partial charge in [0.2, 0.25) is 0 Å². The summed E-state index contributed by atoms with van der Waals surface area (Å²) in [6, 6.07) is 5.03. The normalized spacial score (nSPS) is 10.2. The second kappa shape index (κ2) is 4.51. The van der Waals surface area contributed by atoms with Gasteiger partial charge in [-0.15, -0.1) is 0 Å². The Balaban J connectivity index is 2.93. The highest BCUT2D eigenvalue weighted by molar-refractivity contribution is 8.00. The van der Waals surface area contributed by atoms with Gasteiger partial charge < -0.3 is 4.31 Å². The zero-order valence-electron chi connectivity index (χ0n) is 7.88. The lowest BCUT2D eigenvalue weighted by Gasteiger charge is -2.18. The molecule has 0 bridgehead atoms. The first-order valence-corrected chi connectivity index (χ1v) is 5.09. The van der Waals surface area contributed by atoms with E-state index in [-0.39, 0.29) is 5.82 Å². The van der Waals surface area contributed by atoms with E-state index in [1.807, 2.05) is 13.0 Å². The van der Waals surface area contributed by atoms with Crippen LogP contribution in [0, 0.1) is 19.8 Å². The Morgan fingerprint density at radius 3 is 2.85 bits per heavy atom. The molecule has 1 radical (unpaired) electrons. The highest BCUT2D eigenvalue weighted by atomic mass is 32.2. The molecule has 0 unspecified atom stereocenters. The molecule has 0 N–H and O–H groups in total. The van der Waals surface area contributed by atoms with Crippen LogP contribution in [-0.4, -0.2) is 5.75 Å². The number of anilines is 1. The molecule has 0 fully saturated rings. The van der Waals surface area contributed by atoms with Crippen LogP contribution in [-0.2, 0) is 0 Å². The molecule has 1 rings (SSSR count). The van der Waals surface area contributed by atoms with E-state index in [1.54, 1.807) is 29.2 Å². The lowest BCUT2D eigenvalue weighted by molar-refractivity contribution is 0.619. The SMILES string of the molecule is [CH2]N(SCC)c1cccc(F)c1C. The van der Waals surface area contributed by atoms with Gasteiger partial charge in [-0.25, -0.2) is 4.39 Å². The van der Waals surface area contributed by atoms with Crippen LogP contribution in [0.2, 0.25) is 0 Å². The lowest BCUT2D eigenvalue weighted by Crippen LogP contribution is -2.06. The first-order chi connectivity index (χ1) is 6.16.